The number of rotatable bonds is 8. The Balaban J connectivity index is 1.19. The molecule has 0 bridgehead atoms. The van der Waals surface area contributed by atoms with Gasteiger partial charge in [0.2, 0.25) is 0 Å². The standard InChI is InChI=1S/C25H30ClFN6O2S/c26-24-22(29-14-18-2-1-11-35-16-18)15-30-32(25(24)34)19-7-9-31(10-8-19)36-33(20-4-5-20)23-6-3-17(13-28)12-21(23)27/h3,6,12,15,18-20,29H,1-2,4-5,7-11,14,16H2. The number of aromatic nitrogens is 2. The SMILES string of the molecule is N#Cc1ccc(N(SN2CCC(n3ncc(NCC4CCCOC4)c(Cl)c3=O)CC2)C2CC2)c(F)c1. The van der Waals surface area contributed by atoms with Gasteiger partial charge in [0.15, 0.2) is 0 Å². The van der Waals surface area contributed by atoms with Gasteiger partial charge < -0.3 is 10.1 Å². The third-order valence-corrected chi connectivity index (χ3v) is 8.58. The molecule has 1 aliphatic carbocycles. The van der Waals surface area contributed by atoms with Crippen molar-refractivity contribution in [2.75, 3.05) is 42.5 Å². The van der Waals surface area contributed by atoms with E-state index in [-0.39, 0.29) is 22.4 Å². The lowest BCUT2D eigenvalue weighted by Gasteiger charge is -2.35. The van der Waals surface area contributed by atoms with Gasteiger partial charge in [-0.25, -0.2) is 13.4 Å². The first kappa shape index (κ1) is 25.3. The number of ether oxygens (including phenoxy) is 1. The quantitative estimate of drug-likeness (QED) is 0.493. The van der Waals surface area contributed by atoms with Gasteiger partial charge in [-0.1, -0.05) is 11.6 Å². The fraction of sp³-hybridized carbons (Fsp3) is 0.560. The van der Waals surface area contributed by atoms with E-state index in [1.807, 2.05) is 10.4 Å². The van der Waals surface area contributed by atoms with E-state index in [4.69, 9.17) is 21.6 Å². The first-order chi connectivity index (χ1) is 17.5. The number of hydrogen-bond donors (Lipinski definition) is 1. The van der Waals surface area contributed by atoms with Gasteiger partial charge in [-0.15, -0.1) is 0 Å². The molecular formula is C25H30ClFN6O2S. The lowest BCUT2D eigenvalue weighted by atomic mass is 10.0. The van der Waals surface area contributed by atoms with Crippen molar-refractivity contribution in [3.63, 3.8) is 0 Å². The van der Waals surface area contributed by atoms with Crippen LogP contribution in [0.2, 0.25) is 5.02 Å². The molecule has 1 atom stereocenters. The third kappa shape index (κ3) is 5.80. The molecule has 0 radical (unpaired) electrons. The van der Waals surface area contributed by atoms with Crippen LogP contribution in [-0.4, -0.2) is 53.0 Å². The molecule has 3 fully saturated rings. The van der Waals surface area contributed by atoms with E-state index in [2.05, 4.69) is 14.7 Å². The van der Waals surface area contributed by atoms with Crippen LogP contribution in [-0.2, 0) is 4.74 Å². The van der Waals surface area contributed by atoms with E-state index >= 15 is 0 Å². The normalized spacial score (nSPS) is 21.2. The molecule has 3 heterocycles. The highest BCUT2D eigenvalue weighted by atomic mass is 35.5. The molecular weight excluding hydrogens is 503 g/mol. The van der Waals surface area contributed by atoms with Crippen molar-refractivity contribution in [2.45, 2.75) is 50.6 Å². The van der Waals surface area contributed by atoms with Crippen LogP contribution in [0.4, 0.5) is 15.8 Å². The number of nitrogens with zero attached hydrogens (tertiary/aromatic N) is 5. The number of hydrogen-bond acceptors (Lipinski definition) is 8. The summed E-state index contributed by atoms with van der Waals surface area (Å²) in [5.41, 5.74) is 1.13. The maximum atomic E-state index is 14.7. The monoisotopic (exact) mass is 532 g/mol. The van der Waals surface area contributed by atoms with Crippen molar-refractivity contribution < 1.29 is 9.13 Å². The maximum absolute atomic E-state index is 14.7. The van der Waals surface area contributed by atoms with Gasteiger partial charge in [0, 0.05) is 44.4 Å². The van der Waals surface area contributed by atoms with Crippen molar-refractivity contribution in [3.05, 3.63) is 51.2 Å². The predicted molar refractivity (Wildman–Crippen MR) is 140 cm³/mol. The molecule has 2 aromatic rings. The number of anilines is 2. The van der Waals surface area contributed by atoms with Crippen LogP contribution >= 0.6 is 23.7 Å². The molecule has 8 nitrogen and oxygen atoms in total. The topological polar surface area (TPSA) is 86.4 Å². The van der Waals surface area contributed by atoms with Crippen LogP contribution < -0.4 is 15.2 Å². The lowest BCUT2D eigenvalue weighted by Crippen LogP contribution is -2.38. The average molecular weight is 533 g/mol. The molecule has 1 N–H and O–H groups in total. The van der Waals surface area contributed by atoms with Gasteiger partial charge in [-0.05, 0) is 62.6 Å². The van der Waals surface area contributed by atoms with Gasteiger partial charge in [0.25, 0.3) is 5.56 Å². The minimum atomic E-state index is -0.376. The van der Waals surface area contributed by atoms with Gasteiger partial charge >= 0.3 is 0 Å². The number of halogens is 2. The Morgan fingerprint density at radius 3 is 2.75 bits per heavy atom. The zero-order chi connectivity index (χ0) is 25.1. The summed E-state index contributed by atoms with van der Waals surface area (Å²) in [5, 5.41) is 16.9. The fourth-order valence-corrected chi connectivity index (χ4v) is 6.12. The van der Waals surface area contributed by atoms with Crippen LogP contribution in [0, 0.1) is 23.1 Å². The molecule has 0 amide bonds. The summed E-state index contributed by atoms with van der Waals surface area (Å²) in [6.07, 6.45) is 7.34. The van der Waals surface area contributed by atoms with Gasteiger partial charge in [-0.2, -0.15) is 10.4 Å². The second-order valence-corrected chi connectivity index (χ2v) is 11.1. The molecule has 3 aliphatic rings. The van der Waals surface area contributed by atoms with Crippen LogP contribution in [0.3, 0.4) is 0 Å². The largest absolute Gasteiger partial charge is 0.382 e. The summed E-state index contributed by atoms with van der Waals surface area (Å²) < 4.78 is 26.0. The van der Waals surface area contributed by atoms with Crippen molar-refractivity contribution in [3.8, 4) is 6.07 Å². The van der Waals surface area contributed by atoms with E-state index in [1.54, 1.807) is 18.3 Å². The lowest BCUT2D eigenvalue weighted by molar-refractivity contribution is 0.0595. The highest BCUT2D eigenvalue weighted by Gasteiger charge is 2.34. The second-order valence-electron chi connectivity index (χ2n) is 9.66. The van der Waals surface area contributed by atoms with Crippen LogP contribution in [0.15, 0.2) is 29.2 Å². The summed E-state index contributed by atoms with van der Waals surface area (Å²) in [4.78, 5) is 13.0. The summed E-state index contributed by atoms with van der Waals surface area (Å²) in [5.74, 6) is 0.0329. The number of piperidine rings is 1. The Bertz CT molecular complexity index is 1170. The Hall–Kier alpha value is -2.32. The number of nitrogens with one attached hydrogen (secondary N) is 1. The molecule has 2 aliphatic heterocycles. The zero-order valence-electron chi connectivity index (χ0n) is 20.0. The maximum Gasteiger partial charge on any atom is 0.287 e. The highest BCUT2D eigenvalue weighted by molar-refractivity contribution is 7.98. The second kappa shape index (κ2) is 11.4. The van der Waals surface area contributed by atoms with E-state index in [0.29, 0.717) is 35.4 Å². The molecule has 192 valence electrons. The van der Waals surface area contributed by atoms with Gasteiger partial charge in [-0.3, -0.25) is 9.10 Å². The van der Waals surface area contributed by atoms with E-state index in [9.17, 15) is 9.18 Å². The summed E-state index contributed by atoms with van der Waals surface area (Å²) in [6.45, 7) is 3.73. The fourth-order valence-electron chi connectivity index (χ4n) is 4.72. The molecule has 1 saturated carbocycles. The van der Waals surface area contributed by atoms with Crippen LogP contribution in [0.5, 0.6) is 0 Å². The Labute approximate surface area is 219 Å². The van der Waals surface area contributed by atoms with E-state index in [1.165, 1.54) is 22.9 Å². The average Bonchev–Trinajstić information content (AvgIpc) is 3.75. The molecule has 36 heavy (non-hydrogen) atoms. The molecule has 5 rings (SSSR count). The van der Waals surface area contributed by atoms with Crippen molar-refractivity contribution in [2.24, 2.45) is 5.92 Å². The van der Waals surface area contributed by atoms with E-state index < -0.39 is 0 Å². The Morgan fingerprint density at radius 2 is 2.08 bits per heavy atom. The molecule has 1 unspecified atom stereocenters. The predicted octanol–water partition coefficient (Wildman–Crippen LogP) is 4.62. The van der Waals surface area contributed by atoms with Gasteiger partial charge in [0.05, 0.1) is 41.9 Å². The first-order valence-electron chi connectivity index (χ1n) is 12.5. The van der Waals surface area contributed by atoms with Gasteiger partial charge in [0.1, 0.15) is 10.8 Å². The molecule has 1 aromatic heterocycles. The zero-order valence-corrected chi connectivity index (χ0v) is 21.6. The van der Waals surface area contributed by atoms with Crippen molar-refractivity contribution in [1.82, 2.24) is 14.1 Å². The molecule has 11 heteroatoms. The Kier molecular flexibility index (Phi) is 8.01. The molecule has 1 aromatic carbocycles. The highest BCUT2D eigenvalue weighted by Crippen LogP contribution is 2.40. The first-order valence-corrected chi connectivity index (χ1v) is 13.6. The number of nitriles is 1. The Morgan fingerprint density at radius 1 is 1.28 bits per heavy atom. The minimum Gasteiger partial charge on any atom is -0.382 e. The summed E-state index contributed by atoms with van der Waals surface area (Å²) >= 11 is 7.97. The van der Waals surface area contributed by atoms with Crippen LogP contribution in [0.25, 0.3) is 0 Å². The van der Waals surface area contributed by atoms with Crippen molar-refractivity contribution in [1.29, 1.82) is 5.26 Å². The minimum absolute atomic E-state index is 0.0336. The third-order valence-electron chi connectivity index (χ3n) is 6.94. The summed E-state index contributed by atoms with van der Waals surface area (Å²) in [7, 11) is 0. The van der Waals surface area contributed by atoms with E-state index in [0.717, 1.165) is 64.8 Å². The van der Waals surface area contributed by atoms with Crippen molar-refractivity contribution >= 4 is 35.1 Å². The van der Waals surface area contributed by atoms with Crippen LogP contribution in [0.1, 0.15) is 50.1 Å². The smallest absolute Gasteiger partial charge is 0.287 e. The molecule has 2 saturated heterocycles. The summed E-state index contributed by atoms with van der Waals surface area (Å²) in [6, 6.07) is 6.88. The number of benzene rings is 1. The molecule has 0 spiro atoms.